The zero-order chi connectivity index (χ0) is 17.8. The number of carbonyl (C=O) groups is 1. The fraction of sp³-hybridized carbons (Fsp3) is 0.864. The predicted octanol–water partition coefficient (Wildman–Crippen LogP) is 5.31. The van der Waals surface area contributed by atoms with E-state index in [-0.39, 0.29) is 12.2 Å². The van der Waals surface area contributed by atoms with Crippen molar-refractivity contribution in [2.24, 2.45) is 34.5 Å². The van der Waals surface area contributed by atoms with Crippen LogP contribution in [0.1, 0.15) is 72.1 Å². The van der Waals surface area contributed by atoms with E-state index in [0.29, 0.717) is 10.8 Å². The summed E-state index contributed by atoms with van der Waals surface area (Å²) < 4.78 is 5.58. The Morgan fingerprint density at radius 1 is 1.16 bits per heavy atom. The van der Waals surface area contributed by atoms with E-state index in [2.05, 4.69) is 32.2 Å². The van der Waals surface area contributed by atoms with Gasteiger partial charge in [-0.25, -0.2) is 4.79 Å². The lowest BCUT2D eigenvalue weighted by atomic mass is 9.47. The van der Waals surface area contributed by atoms with Crippen LogP contribution in [0.3, 0.4) is 0 Å². The molecule has 0 aromatic rings. The molecule has 3 saturated carbocycles. The second kappa shape index (κ2) is 6.03. The number of rotatable bonds is 1. The summed E-state index contributed by atoms with van der Waals surface area (Å²) in [6.45, 7) is 7.60. The Kier molecular flexibility index (Phi) is 4.20. The molecule has 4 rings (SSSR count). The maximum Gasteiger partial charge on any atom is 0.407 e. The molecule has 0 radical (unpaired) electrons. The van der Waals surface area contributed by atoms with Gasteiger partial charge in [0, 0.05) is 13.5 Å². The Morgan fingerprint density at radius 3 is 2.72 bits per heavy atom. The Hall–Kier alpha value is -0.990. The van der Waals surface area contributed by atoms with Gasteiger partial charge < -0.3 is 10.1 Å². The number of ether oxygens (including phenoxy) is 1. The SMILES string of the molecule is CNC(=O)O[C@H]1CC[C@@]2(C)C(=CCC3C2CC[C@@]2(C)C3CC[C@@H]2C)C1. The van der Waals surface area contributed by atoms with E-state index in [1.807, 2.05) is 0 Å². The zero-order valence-electron chi connectivity index (χ0n) is 16.4. The van der Waals surface area contributed by atoms with Crippen LogP contribution in [0.15, 0.2) is 11.6 Å². The van der Waals surface area contributed by atoms with Gasteiger partial charge in [-0.15, -0.1) is 0 Å². The number of nitrogens with one attached hydrogen (secondary N) is 1. The highest BCUT2D eigenvalue weighted by atomic mass is 16.6. The number of hydrogen-bond acceptors (Lipinski definition) is 2. The van der Waals surface area contributed by atoms with Crippen LogP contribution in [0, 0.1) is 34.5 Å². The fourth-order valence-corrected chi connectivity index (χ4v) is 7.20. The molecule has 0 aromatic heterocycles. The smallest absolute Gasteiger partial charge is 0.407 e. The van der Waals surface area contributed by atoms with Crippen molar-refractivity contribution in [2.45, 2.75) is 78.2 Å². The van der Waals surface area contributed by atoms with Gasteiger partial charge in [-0.3, -0.25) is 0 Å². The fourth-order valence-electron chi connectivity index (χ4n) is 7.20. The van der Waals surface area contributed by atoms with Crippen LogP contribution in [-0.4, -0.2) is 19.2 Å². The van der Waals surface area contributed by atoms with Gasteiger partial charge in [-0.2, -0.15) is 0 Å². The summed E-state index contributed by atoms with van der Waals surface area (Å²) in [6.07, 6.45) is 12.4. The number of fused-ring (bicyclic) bond motifs is 5. The molecule has 0 saturated heterocycles. The second-order valence-corrected chi connectivity index (χ2v) is 9.80. The van der Waals surface area contributed by atoms with E-state index in [9.17, 15) is 4.79 Å². The van der Waals surface area contributed by atoms with Crippen LogP contribution < -0.4 is 5.32 Å². The monoisotopic (exact) mass is 345 g/mol. The third-order valence-corrected chi connectivity index (χ3v) is 9.01. The highest BCUT2D eigenvalue weighted by molar-refractivity contribution is 5.66. The Balaban J connectivity index is 1.55. The van der Waals surface area contributed by atoms with Crippen molar-refractivity contribution < 1.29 is 9.53 Å². The molecule has 4 aliphatic carbocycles. The molecule has 0 heterocycles. The van der Waals surface area contributed by atoms with Gasteiger partial charge in [0.1, 0.15) is 6.10 Å². The molecule has 3 heteroatoms. The minimum atomic E-state index is -0.281. The highest BCUT2D eigenvalue weighted by Gasteiger charge is 2.57. The van der Waals surface area contributed by atoms with E-state index in [1.165, 1.54) is 38.5 Å². The summed E-state index contributed by atoms with van der Waals surface area (Å²) in [4.78, 5) is 11.6. The summed E-state index contributed by atoms with van der Waals surface area (Å²) in [5, 5.41) is 2.59. The zero-order valence-corrected chi connectivity index (χ0v) is 16.4. The van der Waals surface area contributed by atoms with Gasteiger partial charge in [-0.1, -0.05) is 32.4 Å². The van der Waals surface area contributed by atoms with Crippen molar-refractivity contribution in [3.63, 3.8) is 0 Å². The normalized spacial score (nSPS) is 48.6. The minimum absolute atomic E-state index is 0.0659. The third-order valence-electron chi connectivity index (χ3n) is 9.01. The van der Waals surface area contributed by atoms with Crippen molar-refractivity contribution in [1.29, 1.82) is 0 Å². The number of amides is 1. The topological polar surface area (TPSA) is 38.3 Å². The Morgan fingerprint density at radius 2 is 1.96 bits per heavy atom. The molecule has 7 atom stereocenters. The van der Waals surface area contributed by atoms with Crippen molar-refractivity contribution in [1.82, 2.24) is 5.32 Å². The van der Waals surface area contributed by atoms with Gasteiger partial charge in [-0.05, 0) is 79.4 Å². The summed E-state index contributed by atoms with van der Waals surface area (Å²) >= 11 is 0. The average molecular weight is 346 g/mol. The summed E-state index contributed by atoms with van der Waals surface area (Å²) in [5.41, 5.74) is 2.52. The molecule has 1 N–H and O–H groups in total. The first kappa shape index (κ1) is 17.4. The minimum Gasteiger partial charge on any atom is -0.446 e. The first-order chi connectivity index (χ1) is 11.9. The van der Waals surface area contributed by atoms with Gasteiger partial charge in [0.15, 0.2) is 0 Å². The van der Waals surface area contributed by atoms with Crippen LogP contribution in [-0.2, 0) is 4.74 Å². The Labute approximate surface area is 153 Å². The molecule has 0 aromatic carbocycles. The summed E-state index contributed by atoms with van der Waals surface area (Å²) in [7, 11) is 1.64. The molecule has 1 amide bonds. The number of carbonyl (C=O) groups excluding carboxylic acids is 1. The first-order valence-corrected chi connectivity index (χ1v) is 10.5. The molecule has 3 nitrogen and oxygen atoms in total. The van der Waals surface area contributed by atoms with Gasteiger partial charge >= 0.3 is 6.09 Å². The molecular weight excluding hydrogens is 310 g/mol. The van der Waals surface area contributed by atoms with Crippen LogP contribution in [0.5, 0.6) is 0 Å². The van der Waals surface area contributed by atoms with Gasteiger partial charge in [0.05, 0.1) is 0 Å². The summed E-state index contributed by atoms with van der Waals surface area (Å²) in [5.74, 6) is 3.55. The second-order valence-electron chi connectivity index (χ2n) is 9.80. The van der Waals surface area contributed by atoms with E-state index in [4.69, 9.17) is 4.74 Å². The number of alkyl carbamates (subject to hydrolysis) is 1. The lowest BCUT2D eigenvalue weighted by Gasteiger charge is -2.58. The van der Waals surface area contributed by atoms with Crippen molar-refractivity contribution in [2.75, 3.05) is 7.05 Å². The van der Waals surface area contributed by atoms with E-state index < -0.39 is 0 Å². The van der Waals surface area contributed by atoms with E-state index in [1.54, 1.807) is 12.6 Å². The largest absolute Gasteiger partial charge is 0.446 e. The maximum atomic E-state index is 11.6. The molecule has 25 heavy (non-hydrogen) atoms. The molecule has 0 bridgehead atoms. The predicted molar refractivity (Wildman–Crippen MR) is 100 cm³/mol. The number of allylic oxidation sites excluding steroid dienone is 1. The molecule has 140 valence electrons. The van der Waals surface area contributed by atoms with Gasteiger partial charge in [0.25, 0.3) is 0 Å². The molecular formula is C22H35NO2. The summed E-state index contributed by atoms with van der Waals surface area (Å²) in [6, 6.07) is 0. The average Bonchev–Trinajstić information content (AvgIpc) is 2.90. The van der Waals surface area contributed by atoms with E-state index in [0.717, 1.165) is 36.5 Å². The lowest BCUT2D eigenvalue weighted by Crippen LogP contribution is -2.50. The van der Waals surface area contributed by atoms with Crippen LogP contribution >= 0.6 is 0 Å². The Bertz CT molecular complexity index is 585. The molecule has 4 aliphatic rings. The van der Waals surface area contributed by atoms with Crippen molar-refractivity contribution in [3.05, 3.63) is 11.6 Å². The maximum absolute atomic E-state index is 11.6. The van der Waals surface area contributed by atoms with Crippen LogP contribution in [0.4, 0.5) is 4.79 Å². The van der Waals surface area contributed by atoms with Crippen molar-refractivity contribution >= 4 is 6.09 Å². The molecule has 3 unspecified atom stereocenters. The number of hydrogen-bond donors (Lipinski definition) is 1. The van der Waals surface area contributed by atoms with Crippen molar-refractivity contribution in [3.8, 4) is 0 Å². The molecule has 0 aliphatic heterocycles. The van der Waals surface area contributed by atoms with Crippen LogP contribution in [0.2, 0.25) is 0 Å². The van der Waals surface area contributed by atoms with Gasteiger partial charge in [0.2, 0.25) is 0 Å². The third kappa shape index (κ3) is 2.56. The highest BCUT2D eigenvalue weighted by Crippen LogP contribution is 2.66. The quantitative estimate of drug-likeness (QED) is 0.654. The van der Waals surface area contributed by atoms with E-state index >= 15 is 0 Å². The standard InChI is InChI=1S/C22H35NO2/c1-14-5-8-18-17-7-6-15-13-16(25-20(24)23-4)9-11-22(15,3)19(17)10-12-21(14,18)2/h6,14,16-19H,5,7-13H2,1-4H3,(H,23,24)/t14-,16-,17?,18?,19?,21+,22-/m0/s1. The molecule has 0 spiro atoms. The molecule has 3 fully saturated rings. The first-order valence-electron chi connectivity index (χ1n) is 10.5. The lowest BCUT2D eigenvalue weighted by molar-refractivity contribution is -0.0485. The van der Waals surface area contributed by atoms with Crippen LogP contribution in [0.25, 0.3) is 0 Å².